The Morgan fingerprint density at radius 2 is 1.64 bits per heavy atom. The first-order valence-corrected chi connectivity index (χ1v) is 10.9. The number of aliphatic hydroxyl groups is 1. The van der Waals surface area contributed by atoms with Gasteiger partial charge in [-0.3, -0.25) is 4.79 Å². The highest BCUT2D eigenvalue weighted by molar-refractivity contribution is 6.03. The van der Waals surface area contributed by atoms with Gasteiger partial charge >= 0.3 is 0 Å². The summed E-state index contributed by atoms with van der Waals surface area (Å²) in [4.78, 5) is 24.9. The van der Waals surface area contributed by atoms with Crippen molar-refractivity contribution in [1.29, 1.82) is 0 Å². The number of β-lactam (4-membered cyclic amide) rings is 1. The Bertz CT molecular complexity index is 1040. The molecule has 0 spiro atoms. The molecule has 3 aromatic rings. The molecule has 2 unspecified atom stereocenters. The summed E-state index contributed by atoms with van der Waals surface area (Å²) in [6.07, 6.45) is -1.19. The lowest BCUT2D eigenvalue weighted by Gasteiger charge is -2.48. The molecule has 0 bridgehead atoms. The van der Waals surface area contributed by atoms with Crippen LogP contribution in [0.2, 0.25) is 0 Å². The van der Waals surface area contributed by atoms with Gasteiger partial charge in [-0.2, -0.15) is 4.91 Å². The first-order valence-electron chi connectivity index (χ1n) is 10.9. The van der Waals surface area contributed by atoms with Gasteiger partial charge in [-0.15, -0.1) is 0 Å². The summed E-state index contributed by atoms with van der Waals surface area (Å²) in [6, 6.07) is 22.1. The topological polar surface area (TPSA) is 79.2 Å². The number of hydrogen-bond acceptors (Lipinski definition) is 5. The number of rotatable bonds is 8. The van der Waals surface area contributed by atoms with E-state index in [0.29, 0.717) is 18.0 Å². The molecule has 6 nitrogen and oxygen atoms in total. The third-order valence-electron chi connectivity index (χ3n) is 5.39. The number of halogens is 1. The number of nitrogens with zero attached hydrogens (tertiary/aromatic N) is 2. The number of anilines is 1. The number of benzene rings is 3. The van der Waals surface area contributed by atoms with Crippen LogP contribution in [0.25, 0.3) is 0 Å². The molecule has 1 saturated heterocycles. The average Bonchev–Trinajstić information content (AvgIpc) is 2.85. The molecule has 0 saturated carbocycles. The summed E-state index contributed by atoms with van der Waals surface area (Å²) >= 11 is 0. The quantitative estimate of drug-likeness (QED) is 0.375. The van der Waals surface area contributed by atoms with Crippen molar-refractivity contribution < 1.29 is 19.0 Å². The Hall–Kier alpha value is -3.58. The van der Waals surface area contributed by atoms with Gasteiger partial charge in [0.25, 0.3) is 0 Å². The lowest BCUT2D eigenvalue weighted by atomic mass is 9.78. The van der Waals surface area contributed by atoms with E-state index in [1.165, 1.54) is 29.2 Å². The summed E-state index contributed by atoms with van der Waals surface area (Å²) in [5, 5.41) is 13.1. The van der Waals surface area contributed by atoms with E-state index in [1.54, 1.807) is 12.1 Å². The summed E-state index contributed by atoms with van der Waals surface area (Å²) < 4.78 is 19.1. The van der Waals surface area contributed by atoms with Gasteiger partial charge in [0.05, 0.1) is 18.1 Å². The van der Waals surface area contributed by atoms with Crippen LogP contribution in [-0.2, 0) is 11.4 Å². The summed E-state index contributed by atoms with van der Waals surface area (Å²) in [5.41, 5.74) is 2.33. The van der Waals surface area contributed by atoms with Crippen LogP contribution in [0.15, 0.2) is 84.0 Å². The maximum absolute atomic E-state index is 13.3. The number of aliphatic hydroxyl groups excluding tert-OH is 1. The molecule has 3 aromatic carbocycles. The largest absolute Gasteiger partial charge is 0.489 e. The lowest BCUT2D eigenvalue weighted by molar-refractivity contribution is -0.135. The van der Waals surface area contributed by atoms with Crippen molar-refractivity contribution in [3.8, 4) is 5.75 Å². The molecule has 1 fully saturated rings. The number of amides is 1. The number of ether oxygens (including phenoxy) is 1. The van der Waals surface area contributed by atoms with Crippen LogP contribution < -0.4 is 9.64 Å². The van der Waals surface area contributed by atoms with E-state index < -0.39 is 23.9 Å². The SMILES string of the molecule is CC.O=NC[C@H](O)C1C(=O)N(c2ccc(F)cc2)C1c1ccc(OCc2ccccc2)cc1. The minimum absolute atomic E-state index is 0.336. The summed E-state index contributed by atoms with van der Waals surface area (Å²) in [7, 11) is 0. The third-order valence-corrected chi connectivity index (χ3v) is 5.39. The molecule has 0 aromatic heterocycles. The van der Waals surface area contributed by atoms with E-state index in [0.717, 1.165) is 11.1 Å². The van der Waals surface area contributed by atoms with Gasteiger partial charge in [0, 0.05) is 5.69 Å². The highest BCUT2D eigenvalue weighted by Gasteiger charge is 2.52. The molecule has 172 valence electrons. The van der Waals surface area contributed by atoms with Crippen LogP contribution in [0, 0.1) is 16.6 Å². The second kappa shape index (κ2) is 11.3. The monoisotopic (exact) mass is 450 g/mol. The van der Waals surface area contributed by atoms with Crippen LogP contribution in [0.3, 0.4) is 0 Å². The number of hydrogen-bond donors (Lipinski definition) is 1. The zero-order valence-electron chi connectivity index (χ0n) is 18.6. The Balaban J connectivity index is 0.00000149. The van der Waals surface area contributed by atoms with E-state index >= 15 is 0 Å². The van der Waals surface area contributed by atoms with Gasteiger partial charge in [-0.1, -0.05) is 61.5 Å². The minimum Gasteiger partial charge on any atom is -0.489 e. The van der Waals surface area contributed by atoms with Gasteiger partial charge < -0.3 is 14.7 Å². The van der Waals surface area contributed by atoms with Crippen LogP contribution in [0.4, 0.5) is 10.1 Å². The van der Waals surface area contributed by atoms with Gasteiger partial charge in [-0.05, 0) is 47.5 Å². The zero-order chi connectivity index (χ0) is 23.8. The van der Waals surface area contributed by atoms with Crippen LogP contribution in [0.1, 0.15) is 31.0 Å². The molecule has 3 atom stereocenters. The van der Waals surface area contributed by atoms with Crippen molar-refractivity contribution in [2.45, 2.75) is 32.6 Å². The third kappa shape index (κ3) is 5.43. The zero-order valence-corrected chi connectivity index (χ0v) is 18.6. The van der Waals surface area contributed by atoms with E-state index in [1.807, 2.05) is 56.3 Å². The maximum Gasteiger partial charge on any atom is 0.235 e. The molecular weight excluding hydrogens is 423 g/mol. The van der Waals surface area contributed by atoms with E-state index in [4.69, 9.17) is 4.74 Å². The summed E-state index contributed by atoms with van der Waals surface area (Å²) in [6.45, 7) is 4.05. The van der Waals surface area contributed by atoms with E-state index in [-0.39, 0.29) is 12.5 Å². The molecule has 4 rings (SSSR count). The van der Waals surface area contributed by atoms with Crippen LogP contribution in [-0.4, -0.2) is 23.7 Å². The predicted molar refractivity (Wildman–Crippen MR) is 125 cm³/mol. The molecular formula is C26H27FN2O4. The minimum atomic E-state index is -1.19. The first-order chi connectivity index (χ1) is 16.1. The summed E-state index contributed by atoms with van der Waals surface area (Å²) in [5.74, 6) is -0.885. The van der Waals surface area contributed by atoms with Crippen LogP contribution >= 0.6 is 0 Å². The lowest BCUT2D eigenvalue weighted by Crippen LogP contribution is -2.60. The molecule has 0 aliphatic carbocycles. The van der Waals surface area contributed by atoms with Crippen molar-refractivity contribution in [3.05, 3.63) is 101 Å². The molecule has 1 heterocycles. The number of carbonyl (C=O) groups excluding carboxylic acids is 1. The second-order valence-corrected chi connectivity index (χ2v) is 7.38. The van der Waals surface area contributed by atoms with Gasteiger partial charge in [0.2, 0.25) is 5.91 Å². The smallest absolute Gasteiger partial charge is 0.235 e. The second-order valence-electron chi connectivity index (χ2n) is 7.38. The maximum atomic E-state index is 13.3. The molecule has 1 amide bonds. The first kappa shape index (κ1) is 24.1. The van der Waals surface area contributed by atoms with Crippen molar-refractivity contribution in [2.24, 2.45) is 11.1 Å². The molecule has 1 aliphatic rings. The number of nitroso groups, excluding NO2 is 1. The molecule has 0 radical (unpaired) electrons. The van der Waals surface area contributed by atoms with Crippen molar-refractivity contribution in [3.63, 3.8) is 0 Å². The molecule has 7 heteroatoms. The molecule has 33 heavy (non-hydrogen) atoms. The molecule has 1 aliphatic heterocycles. The standard InChI is InChI=1S/C24H21FN2O4.C2H6/c25-18-8-10-19(11-9-18)27-23(22(24(27)29)21(28)14-26-30)17-6-12-20(13-7-17)31-15-16-4-2-1-3-5-16;1-2/h1-13,21-23,28H,14-15H2;1-2H3/t21-,22?,23?;/m0./s1. The predicted octanol–water partition coefficient (Wildman–Crippen LogP) is 5.26. The fourth-order valence-electron chi connectivity index (χ4n) is 3.82. The fraction of sp³-hybridized carbons (Fsp3) is 0.269. The average molecular weight is 451 g/mol. The highest BCUT2D eigenvalue weighted by atomic mass is 19.1. The highest BCUT2D eigenvalue weighted by Crippen LogP contribution is 2.45. The Labute approximate surface area is 192 Å². The van der Waals surface area contributed by atoms with Crippen molar-refractivity contribution >= 4 is 11.6 Å². The van der Waals surface area contributed by atoms with E-state index in [9.17, 15) is 19.2 Å². The normalized spacial score (nSPS) is 17.9. The van der Waals surface area contributed by atoms with Crippen LogP contribution in [0.5, 0.6) is 5.75 Å². The number of carbonyl (C=O) groups is 1. The van der Waals surface area contributed by atoms with Crippen molar-refractivity contribution in [2.75, 3.05) is 11.4 Å². The van der Waals surface area contributed by atoms with Gasteiger partial charge in [-0.25, -0.2) is 4.39 Å². The Morgan fingerprint density at radius 1 is 1.00 bits per heavy atom. The van der Waals surface area contributed by atoms with Gasteiger partial charge in [0.1, 0.15) is 24.7 Å². The molecule has 1 N–H and O–H groups in total. The Kier molecular flexibility index (Phi) is 8.27. The van der Waals surface area contributed by atoms with Gasteiger partial charge in [0.15, 0.2) is 0 Å². The van der Waals surface area contributed by atoms with Crippen molar-refractivity contribution in [1.82, 2.24) is 0 Å². The van der Waals surface area contributed by atoms with E-state index in [2.05, 4.69) is 5.18 Å². The Morgan fingerprint density at radius 3 is 2.24 bits per heavy atom. The fourth-order valence-corrected chi connectivity index (χ4v) is 3.82.